The van der Waals surface area contributed by atoms with E-state index in [1.165, 1.54) is 0 Å². The van der Waals surface area contributed by atoms with Crippen molar-refractivity contribution in [3.05, 3.63) is 41.9 Å². The smallest absolute Gasteiger partial charge is 0.229 e. The van der Waals surface area contributed by atoms with Gasteiger partial charge in [-0.3, -0.25) is 4.79 Å². The quantitative estimate of drug-likeness (QED) is 0.478. The van der Waals surface area contributed by atoms with Gasteiger partial charge >= 0.3 is 0 Å². The van der Waals surface area contributed by atoms with Crippen molar-refractivity contribution >= 4 is 50.7 Å². The van der Waals surface area contributed by atoms with E-state index in [4.69, 9.17) is 20.4 Å². The zero-order chi connectivity index (χ0) is 22.4. The Morgan fingerprint density at radius 1 is 1.18 bits per heavy atom. The zero-order valence-electron chi connectivity index (χ0n) is 18.0. The van der Waals surface area contributed by atoms with E-state index in [0.717, 1.165) is 47.1 Å². The van der Waals surface area contributed by atoms with E-state index in [0.29, 0.717) is 19.2 Å². The van der Waals surface area contributed by atoms with Crippen molar-refractivity contribution in [1.29, 1.82) is 0 Å². The lowest BCUT2D eigenvalue weighted by Crippen LogP contribution is -2.41. The Kier molecular flexibility index (Phi) is 5.11. The zero-order valence-corrected chi connectivity index (χ0v) is 18.8. The first-order valence-electron chi connectivity index (χ1n) is 11.2. The van der Waals surface area contributed by atoms with Crippen LogP contribution in [0.4, 0.5) is 23.3 Å². The second-order valence-corrected chi connectivity index (χ2v) is 9.62. The summed E-state index contributed by atoms with van der Waals surface area (Å²) in [5.41, 5.74) is 7.48. The number of carbonyl (C=O) groups excluding carboxylic acids is 1. The number of primary amides is 1. The number of hydrogen-bond acceptors (Lipinski definition) is 9. The van der Waals surface area contributed by atoms with Crippen molar-refractivity contribution in [2.24, 2.45) is 23.5 Å². The maximum absolute atomic E-state index is 12.2. The summed E-state index contributed by atoms with van der Waals surface area (Å²) < 4.78 is 6.42. The minimum atomic E-state index is -0.258. The summed E-state index contributed by atoms with van der Waals surface area (Å²) in [6.45, 7) is 3.05. The summed E-state index contributed by atoms with van der Waals surface area (Å²) in [6, 6.07) is 5.83. The predicted octanol–water partition coefficient (Wildman–Crippen LogP) is 2.75. The first kappa shape index (κ1) is 20.4. The fourth-order valence-corrected chi connectivity index (χ4v) is 5.96. The molecule has 4 N–H and O–H groups in total. The lowest BCUT2D eigenvalue weighted by atomic mass is 9.88. The van der Waals surface area contributed by atoms with E-state index in [1.807, 2.05) is 23.6 Å². The maximum Gasteiger partial charge on any atom is 0.229 e. The third kappa shape index (κ3) is 3.79. The molecule has 6 rings (SSSR count). The molecular formula is C23H25N7O2S. The topological polar surface area (TPSA) is 118 Å². The Morgan fingerprint density at radius 2 is 2.03 bits per heavy atom. The van der Waals surface area contributed by atoms with Gasteiger partial charge in [0.25, 0.3) is 0 Å². The number of nitrogens with two attached hydrogens (primary N) is 1. The molecule has 0 aromatic carbocycles. The lowest BCUT2D eigenvalue weighted by Gasteiger charge is -2.28. The van der Waals surface area contributed by atoms with Crippen LogP contribution in [0.2, 0.25) is 0 Å². The van der Waals surface area contributed by atoms with Crippen molar-refractivity contribution in [1.82, 2.24) is 15.0 Å². The number of rotatable bonds is 6. The van der Waals surface area contributed by atoms with E-state index in [2.05, 4.69) is 32.7 Å². The van der Waals surface area contributed by atoms with Gasteiger partial charge in [0.05, 0.1) is 29.3 Å². The summed E-state index contributed by atoms with van der Waals surface area (Å²) in [4.78, 5) is 28.4. The maximum atomic E-state index is 12.2. The summed E-state index contributed by atoms with van der Waals surface area (Å²) in [6.07, 6.45) is 7.06. The number of hydrogen-bond donors (Lipinski definition) is 3. The normalized spacial score (nSPS) is 26.1. The molecule has 1 aliphatic heterocycles. The molecule has 2 aliphatic carbocycles. The van der Waals surface area contributed by atoms with Crippen LogP contribution in [0.5, 0.6) is 0 Å². The molecule has 3 aromatic rings. The minimum Gasteiger partial charge on any atom is -0.378 e. The second kappa shape index (κ2) is 8.27. The van der Waals surface area contributed by atoms with E-state index < -0.39 is 0 Å². The van der Waals surface area contributed by atoms with E-state index in [9.17, 15) is 4.79 Å². The molecule has 0 unspecified atom stereocenters. The molecular weight excluding hydrogens is 438 g/mol. The Hall–Kier alpha value is -3.24. The Morgan fingerprint density at radius 3 is 2.88 bits per heavy atom. The van der Waals surface area contributed by atoms with Crippen molar-refractivity contribution in [2.45, 2.75) is 12.5 Å². The third-order valence-corrected chi connectivity index (χ3v) is 7.64. The number of nitrogens with zero attached hydrogens (tertiary/aromatic N) is 4. The molecule has 33 heavy (non-hydrogen) atoms. The van der Waals surface area contributed by atoms with Gasteiger partial charge in [-0.2, -0.15) is 4.98 Å². The first-order valence-corrected chi connectivity index (χ1v) is 12.1. The van der Waals surface area contributed by atoms with Gasteiger partial charge in [-0.15, -0.1) is 11.3 Å². The Bertz CT molecular complexity index is 1220. The van der Waals surface area contributed by atoms with E-state index in [1.54, 1.807) is 17.5 Å². The molecule has 170 valence electrons. The van der Waals surface area contributed by atoms with Gasteiger partial charge in [-0.05, 0) is 35.8 Å². The predicted molar refractivity (Wildman–Crippen MR) is 129 cm³/mol. The Labute approximate surface area is 195 Å². The molecule has 4 heterocycles. The van der Waals surface area contributed by atoms with Crippen LogP contribution in [0.15, 0.2) is 41.9 Å². The van der Waals surface area contributed by atoms with Crippen LogP contribution >= 0.6 is 11.3 Å². The summed E-state index contributed by atoms with van der Waals surface area (Å²) in [7, 11) is 0. The SMILES string of the molecule is NC(=O)[C@@H]1[C@H](Nc2nc(Nc3ccnc(N4CCOCC4)c3)nc3ccsc23)[C@H]2C=C[C@@H]1C2. The van der Waals surface area contributed by atoms with Crippen molar-refractivity contribution in [2.75, 3.05) is 41.8 Å². The van der Waals surface area contributed by atoms with Crippen LogP contribution in [0, 0.1) is 17.8 Å². The number of aromatic nitrogens is 3. The highest BCUT2D eigenvalue weighted by molar-refractivity contribution is 7.17. The lowest BCUT2D eigenvalue weighted by molar-refractivity contribution is -0.122. The van der Waals surface area contributed by atoms with Gasteiger partial charge < -0.3 is 26.0 Å². The molecule has 0 radical (unpaired) electrons. The van der Waals surface area contributed by atoms with Gasteiger partial charge in [0, 0.05) is 37.1 Å². The number of nitrogens with one attached hydrogen (secondary N) is 2. The molecule has 1 amide bonds. The number of allylic oxidation sites excluding steroid dienone is 1. The highest BCUT2D eigenvalue weighted by Gasteiger charge is 2.47. The standard InChI is InChI=1S/C23H25N7O2S/c24-21(31)18-13-1-2-14(11-13)19(18)28-22-20-16(4-10-33-20)27-23(29-22)26-15-3-5-25-17(12-15)30-6-8-32-9-7-30/h1-5,10,12-14,18-19H,6-9,11H2,(H2,24,31)(H2,25,26,27,28,29)/t13-,14+,18+,19-/m1/s1. The third-order valence-electron chi connectivity index (χ3n) is 6.73. The summed E-state index contributed by atoms with van der Waals surface area (Å²) in [5, 5.41) is 8.90. The fourth-order valence-electron chi connectivity index (χ4n) is 5.17. The van der Waals surface area contributed by atoms with E-state index >= 15 is 0 Å². The monoisotopic (exact) mass is 463 g/mol. The molecule has 1 saturated carbocycles. The molecule has 2 fully saturated rings. The van der Waals surface area contributed by atoms with Crippen LogP contribution < -0.4 is 21.3 Å². The highest BCUT2D eigenvalue weighted by Crippen LogP contribution is 2.45. The summed E-state index contributed by atoms with van der Waals surface area (Å²) in [5.74, 6) is 2.14. The van der Waals surface area contributed by atoms with Crippen molar-refractivity contribution in [3.8, 4) is 0 Å². The molecule has 4 atom stereocenters. The fraction of sp³-hybridized carbons (Fsp3) is 0.391. The van der Waals surface area contributed by atoms with Crippen molar-refractivity contribution in [3.63, 3.8) is 0 Å². The molecule has 3 aliphatic rings. The van der Waals surface area contributed by atoms with Crippen molar-refractivity contribution < 1.29 is 9.53 Å². The molecule has 9 nitrogen and oxygen atoms in total. The molecule has 0 spiro atoms. The first-order chi connectivity index (χ1) is 16.2. The van der Waals surface area contributed by atoms with Crippen LogP contribution in [0.1, 0.15) is 6.42 Å². The van der Waals surface area contributed by atoms with Gasteiger partial charge in [-0.1, -0.05) is 12.2 Å². The number of carbonyl (C=O) groups is 1. The number of pyridine rings is 1. The number of thiophene rings is 1. The number of morpholine rings is 1. The highest BCUT2D eigenvalue weighted by atomic mass is 32.1. The number of anilines is 4. The average molecular weight is 464 g/mol. The van der Waals surface area contributed by atoms with Gasteiger partial charge in [0.15, 0.2) is 0 Å². The van der Waals surface area contributed by atoms with Crippen LogP contribution in [-0.2, 0) is 9.53 Å². The van der Waals surface area contributed by atoms with E-state index in [-0.39, 0.29) is 29.7 Å². The number of fused-ring (bicyclic) bond motifs is 3. The molecule has 10 heteroatoms. The second-order valence-electron chi connectivity index (χ2n) is 8.70. The molecule has 3 aromatic heterocycles. The summed E-state index contributed by atoms with van der Waals surface area (Å²) >= 11 is 1.59. The minimum absolute atomic E-state index is 0.0561. The van der Waals surface area contributed by atoms with Crippen LogP contribution in [0.25, 0.3) is 10.2 Å². The van der Waals surface area contributed by atoms with Crippen LogP contribution in [-0.4, -0.2) is 53.2 Å². The average Bonchev–Trinajstić information content (AvgIpc) is 3.56. The number of ether oxygens (including phenoxy) is 1. The van der Waals surface area contributed by atoms with Crippen LogP contribution in [0.3, 0.4) is 0 Å². The van der Waals surface area contributed by atoms with Gasteiger partial charge in [0.1, 0.15) is 11.6 Å². The van der Waals surface area contributed by atoms with Gasteiger partial charge in [0.2, 0.25) is 11.9 Å². The largest absolute Gasteiger partial charge is 0.378 e. The molecule has 2 bridgehead atoms. The molecule has 1 saturated heterocycles. The number of amides is 1. The van der Waals surface area contributed by atoms with Gasteiger partial charge in [-0.25, -0.2) is 9.97 Å². The Balaban J connectivity index is 1.28.